The SMILES string of the molecule is Br.CCCNC1Cc2ccc(-c3ccc(=O)[nH]n3)cc2C1. The van der Waals surface area contributed by atoms with Crippen LogP contribution >= 0.6 is 17.0 Å². The fourth-order valence-electron chi connectivity index (χ4n) is 2.78. The molecule has 112 valence electrons. The second kappa shape index (κ2) is 7.00. The molecule has 1 heterocycles. The lowest BCUT2D eigenvalue weighted by molar-refractivity contribution is 0.532. The quantitative estimate of drug-likeness (QED) is 0.891. The first-order chi connectivity index (χ1) is 9.76. The van der Waals surface area contributed by atoms with Crippen molar-refractivity contribution in [2.45, 2.75) is 32.2 Å². The van der Waals surface area contributed by atoms with Crippen molar-refractivity contribution in [1.82, 2.24) is 15.5 Å². The topological polar surface area (TPSA) is 57.8 Å². The first-order valence-electron chi connectivity index (χ1n) is 7.17. The van der Waals surface area contributed by atoms with E-state index in [1.807, 2.05) is 0 Å². The van der Waals surface area contributed by atoms with Crippen LogP contribution in [0, 0.1) is 0 Å². The summed E-state index contributed by atoms with van der Waals surface area (Å²) in [7, 11) is 0. The molecule has 1 aliphatic carbocycles. The Morgan fingerprint density at radius 1 is 1.24 bits per heavy atom. The number of fused-ring (bicyclic) bond motifs is 1. The van der Waals surface area contributed by atoms with Crippen molar-refractivity contribution in [3.05, 3.63) is 51.8 Å². The van der Waals surface area contributed by atoms with Crippen LogP contribution in [0.2, 0.25) is 0 Å². The van der Waals surface area contributed by atoms with E-state index in [4.69, 9.17) is 0 Å². The fourth-order valence-corrected chi connectivity index (χ4v) is 2.78. The summed E-state index contributed by atoms with van der Waals surface area (Å²) in [6.45, 7) is 3.27. The molecule has 5 heteroatoms. The third kappa shape index (κ3) is 3.60. The smallest absolute Gasteiger partial charge is 0.264 e. The highest BCUT2D eigenvalue weighted by molar-refractivity contribution is 8.93. The van der Waals surface area contributed by atoms with Gasteiger partial charge in [0.25, 0.3) is 5.56 Å². The van der Waals surface area contributed by atoms with Gasteiger partial charge in [0, 0.05) is 17.7 Å². The number of aromatic amines is 1. The van der Waals surface area contributed by atoms with Crippen LogP contribution in [0.1, 0.15) is 24.5 Å². The maximum Gasteiger partial charge on any atom is 0.264 e. The van der Waals surface area contributed by atoms with Gasteiger partial charge in [-0.2, -0.15) is 5.10 Å². The van der Waals surface area contributed by atoms with Gasteiger partial charge in [-0.25, -0.2) is 5.10 Å². The molecule has 0 saturated heterocycles. The first kappa shape index (κ1) is 15.9. The standard InChI is InChI=1S/C16H19N3O.BrH/c1-2-7-17-14-9-11-3-4-12(8-13(11)10-14)15-5-6-16(20)19-18-15;/h3-6,8,14,17H,2,7,9-10H2,1H3,(H,19,20);1H. The lowest BCUT2D eigenvalue weighted by Crippen LogP contribution is -2.29. The Balaban J connectivity index is 0.00000161. The number of aromatic nitrogens is 2. The molecular formula is C16H20BrN3O. The van der Waals surface area contributed by atoms with Crippen molar-refractivity contribution in [3.63, 3.8) is 0 Å². The summed E-state index contributed by atoms with van der Waals surface area (Å²) in [5, 5.41) is 10.2. The van der Waals surface area contributed by atoms with Crippen LogP contribution < -0.4 is 10.9 Å². The molecule has 1 atom stereocenters. The van der Waals surface area contributed by atoms with E-state index in [0.29, 0.717) is 6.04 Å². The number of benzene rings is 1. The lowest BCUT2D eigenvalue weighted by Gasteiger charge is -2.09. The highest BCUT2D eigenvalue weighted by Gasteiger charge is 2.21. The van der Waals surface area contributed by atoms with Crippen LogP contribution in [0.4, 0.5) is 0 Å². The fraction of sp³-hybridized carbons (Fsp3) is 0.375. The summed E-state index contributed by atoms with van der Waals surface area (Å²) in [6, 6.07) is 10.3. The summed E-state index contributed by atoms with van der Waals surface area (Å²) in [5.74, 6) is 0. The van der Waals surface area contributed by atoms with Crippen molar-refractivity contribution >= 4 is 17.0 Å². The second-order valence-electron chi connectivity index (χ2n) is 5.35. The minimum absolute atomic E-state index is 0. The number of hydrogen-bond donors (Lipinski definition) is 2. The monoisotopic (exact) mass is 349 g/mol. The Hall–Kier alpha value is -1.46. The zero-order chi connectivity index (χ0) is 13.9. The van der Waals surface area contributed by atoms with E-state index in [1.54, 1.807) is 6.07 Å². The molecule has 0 bridgehead atoms. The number of nitrogens with one attached hydrogen (secondary N) is 2. The van der Waals surface area contributed by atoms with Crippen molar-refractivity contribution in [2.24, 2.45) is 0 Å². The molecular weight excluding hydrogens is 330 g/mol. The van der Waals surface area contributed by atoms with Crippen LogP contribution in [-0.2, 0) is 12.8 Å². The Kier molecular flexibility index (Phi) is 5.31. The molecule has 2 N–H and O–H groups in total. The van der Waals surface area contributed by atoms with Crippen LogP contribution in [0.3, 0.4) is 0 Å². The summed E-state index contributed by atoms with van der Waals surface area (Å²) >= 11 is 0. The van der Waals surface area contributed by atoms with Gasteiger partial charge < -0.3 is 5.32 Å². The lowest BCUT2D eigenvalue weighted by atomic mass is 10.0. The van der Waals surface area contributed by atoms with Gasteiger partial charge in [-0.3, -0.25) is 4.79 Å². The molecule has 4 nitrogen and oxygen atoms in total. The van der Waals surface area contributed by atoms with Crippen molar-refractivity contribution in [3.8, 4) is 11.3 Å². The third-order valence-corrected chi connectivity index (χ3v) is 3.80. The molecule has 0 fully saturated rings. The Morgan fingerprint density at radius 2 is 2.05 bits per heavy atom. The molecule has 1 aliphatic rings. The zero-order valence-electron chi connectivity index (χ0n) is 12.1. The number of nitrogens with zero attached hydrogens (tertiary/aromatic N) is 1. The Morgan fingerprint density at radius 3 is 2.76 bits per heavy atom. The molecule has 0 saturated carbocycles. The second-order valence-corrected chi connectivity index (χ2v) is 5.35. The molecule has 1 aromatic carbocycles. The number of halogens is 1. The van der Waals surface area contributed by atoms with Gasteiger partial charge in [-0.05, 0) is 49.1 Å². The van der Waals surface area contributed by atoms with Crippen molar-refractivity contribution < 1.29 is 0 Å². The number of hydrogen-bond acceptors (Lipinski definition) is 3. The molecule has 21 heavy (non-hydrogen) atoms. The van der Waals surface area contributed by atoms with Gasteiger partial charge in [0.15, 0.2) is 0 Å². The van der Waals surface area contributed by atoms with E-state index in [0.717, 1.165) is 30.6 Å². The van der Waals surface area contributed by atoms with E-state index in [9.17, 15) is 4.79 Å². The van der Waals surface area contributed by atoms with Gasteiger partial charge in [0.05, 0.1) is 5.69 Å². The number of H-pyrrole nitrogens is 1. The third-order valence-electron chi connectivity index (χ3n) is 3.80. The molecule has 0 aliphatic heterocycles. The van der Waals surface area contributed by atoms with Crippen LogP contribution in [0.25, 0.3) is 11.3 Å². The summed E-state index contributed by atoms with van der Waals surface area (Å²) in [4.78, 5) is 11.1. The van der Waals surface area contributed by atoms with E-state index in [2.05, 4.69) is 40.6 Å². The van der Waals surface area contributed by atoms with Gasteiger partial charge >= 0.3 is 0 Å². The Labute approximate surface area is 134 Å². The average molecular weight is 350 g/mol. The Bertz CT molecular complexity index is 648. The van der Waals surface area contributed by atoms with Crippen molar-refractivity contribution in [2.75, 3.05) is 6.54 Å². The van der Waals surface area contributed by atoms with Crippen LogP contribution in [-0.4, -0.2) is 22.8 Å². The van der Waals surface area contributed by atoms with Crippen LogP contribution in [0.15, 0.2) is 35.1 Å². The average Bonchev–Trinajstić information content (AvgIpc) is 2.87. The molecule has 0 spiro atoms. The summed E-state index contributed by atoms with van der Waals surface area (Å²) < 4.78 is 0. The molecule has 0 amide bonds. The predicted molar refractivity (Wildman–Crippen MR) is 90.1 cm³/mol. The zero-order valence-corrected chi connectivity index (χ0v) is 13.8. The molecule has 2 aromatic rings. The largest absolute Gasteiger partial charge is 0.313 e. The van der Waals surface area contributed by atoms with E-state index < -0.39 is 0 Å². The normalized spacial score (nSPS) is 16.3. The van der Waals surface area contributed by atoms with Gasteiger partial charge in [0.2, 0.25) is 0 Å². The van der Waals surface area contributed by atoms with E-state index >= 15 is 0 Å². The highest BCUT2D eigenvalue weighted by Crippen LogP contribution is 2.27. The van der Waals surface area contributed by atoms with Crippen LogP contribution in [0.5, 0.6) is 0 Å². The minimum atomic E-state index is -0.168. The van der Waals surface area contributed by atoms with E-state index in [1.165, 1.54) is 23.6 Å². The number of rotatable bonds is 4. The minimum Gasteiger partial charge on any atom is -0.313 e. The molecule has 1 unspecified atom stereocenters. The molecule has 1 aromatic heterocycles. The summed E-state index contributed by atoms with van der Waals surface area (Å²) in [5.41, 5.74) is 4.53. The molecule has 0 radical (unpaired) electrons. The molecule has 3 rings (SSSR count). The van der Waals surface area contributed by atoms with Crippen molar-refractivity contribution in [1.29, 1.82) is 0 Å². The highest BCUT2D eigenvalue weighted by atomic mass is 79.9. The first-order valence-corrected chi connectivity index (χ1v) is 7.17. The van der Waals surface area contributed by atoms with Gasteiger partial charge in [0.1, 0.15) is 0 Å². The van der Waals surface area contributed by atoms with Gasteiger partial charge in [-0.1, -0.05) is 19.1 Å². The van der Waals surface area contributed by atoms with E-state index in [-0.39, 0.29) is 22.5 Å². The predicted octanol–water partition coefficient (Wildman–Crippen LogP) is 2.48. The maximum absolute atomic E-state index is 11.1. The van der Waals surface area contributed by atoms with Gasteiger partial charge in [-0.15, -0.1) is 17.0 Å². The summed E-state index contributed by atoms with van der Waals surface area (Å²) in [6.07, 6.45) is 3.35. The maximum atomic E-state index is 11.1.